The molecule has 0 heterocycles. The lowest BCUT2D eigenvalue weighted by Gasteiger charge is -2.15. The summed E-state index contributed by atoms with van der Waals surface area (Å²) in [5.41, 5.74) is 0.115. The van der Waals surface area contributed by atoms with E-state index in [9.17, 15) is 28.5 Å². The number of nitrogens with zero attached hydrogens (tertiary/aromatic N) is 1. The lowest BCUT2D eigenvalue weighted by atomic mass is 10.0. The predicted octanol–water partition coefficient (Wildman–Crippen LogP) is 5.03. The van der Waals surface area contributed by atoms with Crippen molar-refractivity contribution in [3.8, 4) is 11.1 Å². The van der Waals surface area contributed by atoms with E-state index >= 15 is 0 Å². The Balaban J connectivity index is 2.17. The van der Waals surface area contributed by atoms with Crippen LogP contribution in [0.4, 0.5) is 31.5 Å². The fraction of sp³-hybridized carbons (Fsp3) is 0.0909. The average molecular weight is 441 g/mol. The lowest BCUT2D eigenvalue weighted by Crippen LogP contribution is -2.09. The predicted molar refractivity (Wildman–Crippen MR) is 114 cm³/mol. The van der Waals surface area contributed by atoms with Crippen LogP contribution < -0.4 is 10.6 Å². The molecule has 3 aromatic rings. The standard InChI is InChI=1S/C22H17F2N3O5/c1-12(28)25-15-8-13(17-7-6-14(23)10-19(17)24)9-16(11-15)26-21-18(22(29)32-2)4-3-5-20(21)27(30)31/h3-11,26H,1-2H3,(H,25,28). The largest absolute Gasteiger partial charge is 0.465 e. The van der Waals surface area contributed by atoms with Gasteiger partial charge in [0.05, 0.1) is 17.6 Å². The van der Waals surface area contributed by atoms with Crippen molar-refractivity contribution in [1.29, 1.82) is 0 Å². The highest BCUT2D eigenvalue weighted by atomic mass is 19.1. The summed E-state index contributed by atoms with van der Waals surface area (Å²) >= 11 is 0. The summed E-state index contributed by atoms with van der Waals surface area (Å²) < 4.78 is 32.4. The van der Waals surface area contributed by atoms with Crippen LogP contribution >= 0.6 is 0 Å². The quantitative estimate of drug-likeness (QED) is 0.315. The Hall–Kier alpha value is -4.34. The minimum Gasteiger partial charge on any atom is -0.465 e. The molecule has 3 rings (SSSR count). The number of carbonyl (C=O) groups is 2. The summed E-state index contributed by atoms with van der Waals surface area (Å²) in [6.45, 7) is 1.27. The van der Waals surface area contributed by atoms with Crippen LogP contribution in [0.3, 0.4) is 0 Å². The fourth-order valence-electron chi connectivity index (χ4n) is 3.10. The highest BCUT2D eigenvalue weighted by molar-refractivity contribution is 5.99. The van der Waals surface area contributed by atoms with Crippen LogP contribution in [0, 0.1) is 21.7 Å². The smallest absolute Gasteiger partial charge is 0.340 e. The van der Waals surface area contributed by atoms with E-state index in [1.54, 1.807) is 0 Å². The number of nitro groups is 1. The topological polar surface area (TPSA) is 111 Å². The summed E-state index contributed by atoms with van der Waals surface area (Å²) in [5, 5.41) is 16.9. The number of rotatable bonds is 6. The Kier molecular flexibility index (Phi) is 6.43. The fourth-order valence-corrected chi connectivity index (χ4v) is 3.10. The number of anilines is 3. The number of methoxy groups -OCH3 is 1. The molecule has 3 aromatic carbocycles. The highest BCUT2D eigenvalue weighted by Gasteiger charge is 2.23. The Bertz CT molecular complexity index is 1230. The first-order valence-corrected chi connectivity index (χ1v) is 9.20. The number of halogens is 2. The molecule has 0 aliphatic heterocycles. The number of para-hydroxylation sites is 1. The molecule has 164 valence electrons. The maximum atomic E-state index is 14.4. The molecule has 0 saturated carbocycles. The first-order valence-electron chi connectivity index (χ1n) is 9.20. The molecule has 2 N–H and O–H groups in total. The molecule has 0 spiro atoms. The van der Waals surface area contributed by atoms with Gasteiger partial charge in [-0.3, -0.25) is 14.9 Å². The number of hydrogen-bond acceptors (Lipinski definition) is 6. The molecular formula is C22H17F2N3O5. The van der Waals surface area contributed by atoms with E-state index in [0.29, 0.717) is 6.07 Å². The molecule has 32 heavy (non-hydrogen) atoms. The number of ether oxygens (including phenoxy) is 1. The van der Waals surface area contributed by atoms with Crippen LogP contribution in [0.2, 0.25) is 0 Å². The molecule has 0 fully saturated rings. The Morgan fingerprint density at radius 2 is 1.75 bits per heavy atom. The number of nitrogens with one attached hydrogen (secondary N) is 2. The van der Waals surface area contributed by atoms with Crippen molar-refractivity contribution in [2.24, 2.45) is 0 Å². The van der Waals surface area contributed by atoms with Gasteiger partial charge in [0.1, 0.15) is 17.3 Å². The van der Waals surface area contributed by atoms with E-state index in [1.165, 1.54) is 49.4 Å². The first-order chi connectivity index (χ1) is 15.2. The lowest BCUT2D eigenvalue weighted by molar-refractivity contribution is -0.383. The molecule has 0 aliphatic rings. The third kappa shape index (κ3) is 4.86. The van der Waals surface area contributed by atoms with Gasteiger partial charge in [-0.05, 0) is 42.0 Å². The van der Waals surface area contributed by atoms with Crippen LogP contribution in [0.1, 0.15) is 17.3 Å². The van der Waals surface area contributed by atoms with Crippen molar-refractivity contribution in [1.82, 2.24) is 0 Å². The van der Waals surface area contributed by atoms with Crippen LogP contribution in [0.5, 0.6) is 0 Å². The van der Waals surface area contributed by atoms with E-state index in [1.807, 2.05) is 0 Å². The Morgan fingerprint density at radius 3 is 2.38 bits per heavy atom. The van der Waals surface area contributed by atoms with Crippen molar-refractivity contribution in [3.05, 3.63) is 81.9 Å². The zero-order valence-corrected chi connectivity index (χ0v) is 16.9. The third-order valence-corrected chi connectivity index (χ3v) is 4.41. The highest BCUT2D eigenvalue weighted by Crippen LogP contribution is 2.35. The van der Waals surface area contributed by atoms with Gasteiger partial charge in [0.25, 0.3) is 5.69 Å². The van der Waals surface area contributed by atoms with Gasteiger partial charge in [0.2, 0.25) is 5.91 Å². The van der Waals surface area contributed by atoms with E-state index < -0.39 is 34.1 Å². The van der Waals surface area contributed by atoms with E-state index in [2.05, 4.69) is 10.6 Å². The minimum atomic E-state index is -0.836. The molecule has 0 saturated heterocycles. The normalized spacial score (nSPS) is 10.4. The molecule has 0 unspecified atom stereocenters. The number of benzene rings is 3. The Morgan fingerprint density at radius 1 is 1.03 bits per heavy atom. The molecule has 0 aliphatic carbocycles. The van der Waals surface area contributed by atoms with E-state index in [0.717, 1.165) is 13.2 Å². The maximum absolute atomic E-state index is 14.4. The molecule has 0 atom stereocenters. The molecular weight excluding hydrogens is 424 g/mol. The second-order valence-corrected chi connectivity index (χ2v) is 6.68. The summed E-state index contributed by atoms with van der Waals surface area (Å²) in [5.74, 6) is -2.81. The van der Waals surface area contributed by atoms with Crippen LogP contribution in [0.25, 0.3) is 11.1 Å². The van der Waals surface area contributed by atoms with Crippen molar-refractivity contribution in [2.45, 2.75) is 6.92 Å². The first kappa shape index (κ1) is 22.3. The average Bonchev–Trinajstić information content (AvgIpc) is 2.72. The SMILES string of the molecule is COC(=O)c1cccc([N+](=O)[O-])c1Nc1cc(NC(C)=O)cc(-c2ccc(F)cc2F)c1. The van der Waals surface area contributed by atoms with Crippen LogP contribution in [-0.4, -0.2) is 23.9 Å². The van der Waals surface area contributed by atoms with Gasteiger partial charge in [-0.1, -0.05) is 6.07 Å². The molecule has 8 nitrogen and oxygen atoms in total. The minimum absolute atomic E-state index is 0.0393. The van der Waals surface area contributed by atoms with Crippen molar-refractivity contribution < 1.29 is 28.0 Å². The maximum Gasteiger partial charge on any atom is 0.340 e. The molecule has 10 heteroatoms. The van der Waals surface area contributed by atoms with E-state index in [-0.39, 0.29) is 33.8 Å². The summed E-state index contributed by atoms with van der Waals surface area (Å²) in [7, 11) is 1.14. The second-order valence-electron chi connectivity index (χ2n) is 6.68. The number of hydrogen-bond donors (Lipinski definition) is 2. The van der Waals surface area contributed by atoms with Crippen LogP contribution in [0.15, 0.2) is 54.6 Å². The number of nitro benzene ring substituents is 1. The molecule has 1 amide bonds. The number of carbonyl (C=O) groups excluding carboxylic acids is 2. The third-order valence-electron chi connectivity index (χ3n) is 4.41. The number of esters is 1. The van der Waals surface area contributed by atoms with Gasteiger partial charge >= 0.3 is 5.97 Å². The summed E-state index contributed by atoms with van der Waals surface area (Å²) in [4.78, 5) is 34.6. The van der Waals surface area contributed by atoms with Gasteiger partial charge in [-0.25, -0.2) is 13.6 Å². The summed E-state index contributed by atoms with van der Waals surface area (Å²) in [6.07, 6.45) is 0. The molecule has 0 radical (unpaired) electrons. The Labute approximate surface area is 181 Å². The van der Waals surface area contributed by atoms with Gasteiger partial charge < -0.3 is 15.4 Å². The van der Waals surface area contributed by atoms with Gasteiger partial charge in [0, 0.05) is 36.0 Å². The zero-order chi connectivity index (χ0) is 23.4. The second kappa shape index (κ2) is 9.21. The van der Waals surface area contributed by atoms with Gasteiger partial charge in [-0.2, -0.15) is 0 Å². The van der Waals surface area contributed by atoms with Crippen LogP contribution in [-0.2, 0) is 9.53 Å². The van der Waals surface area contributed by atoms with Crippen molar-refractivity contribution >= 4 is 34.6 Å². The van der Waals surface area contributed by atoms with E-state index in [4.69, 9.17) is 4.74 Å². The van der Waals surface area contributed by atoms with Crippen molar-refractivity contribution in [2.75, 3.05) is 17.7 Å². The van der Waals surface area contributed by atoms with Gasteiger partial charge in [-0.15, -0.1) is 0 Å². The zero-order valence-electron chi connectivity index (χ0n) is 16.9. The monoisotopic (exact) mass is 441 g/mol. The molecule has 0 bridgehead atoms. The van der Waals surface area contributed by atoms with Gasteiger partial charge in [0.15, 0.2) is 0 Å². The van der Waals surface area contributed by atoms with Crippen molar-refractivity contribution in [3.63, 3.8) is 0 Å². The molecule has 0 aromatic heterocycles. The summed E-state index contributed by atoms with van der Waals surface area (Å²) in [6, 6.07) is 11.3. The number of amides is 1.